The molecule has 0 spiro atoms. The molecule has 4 aromatic carbocycles. The van der Waals surface area contributed by atoms with E-state index in [0.717, 1.165) is 91.9 Å². The minimum absolute atomic E-state index is 0.0500. The van der Waals surface area contributed by atoms with Crippen molar-refractivity contribution in [2.45, 2.75) is 96.8 Å². The van der Waals surface area contributed by atoms with Gasteiger partial charge in [0, 0.05) is 0 Å². The number of carbonyl (C=O) groups excluding carboxylic acids is 2. The van der Waals surface area contributed by atoms with Gasteiger partial charge < -0.3 is 0 Å². The average molecular weight is 886 g/mol. The Morgan fingerprint density at radius 3 is 1.06 bits per heavy atom. The first-order valence-electron chi connectivity index (χ1n) is 18.9. The van der Waals surface area contributed by atoms with Gasteiger partial charge in [0.05, 0.1) is 0 Å². The number of anilines is 4. The Labute approximate surface area is 309 Å². The second-order valence-corrected chi connectivity index (χ2v) is 34.9. The van der Waals surface area contributed by atoms with Gasteiger partial charge in [-0.15, -0.1) is 0 Å². The standard InChI is InChI=1S/2C13H11N2O.4C4H9.2Sn/c2*14-11-7-6-10(8-12(11)15)13(16)9-4-2-1-3-5-9;4*1-3-4-2;;/h2*1-8,15H,(H2,14,16);4*1,3-4H2,2H3;;/q2*-1;;;;;2*+2/p-2. The molecule has 4 aromatic rings. The summed E-state index contributed by atoms with van der Waals surface area (Å²) in [5.41, 5.74) is 7.21. The van der Waals surface area contributed by atoms with Crippen LogP contribution >= 0.6 is 0 Å². The van der Waals surface area contributed by atoms with Crippen molar-refractivity contribution in [2.75, 3.05) is 14.2 Å². The third-order valence-corrected chi connectivity index (χ3v) is 32.3. The van der Waals surface area contributed by atoms with Gasteiger partial charge in [0.25, 0.3) is 0 Å². The van der Waals surface area contributed by atoms with Gasteiger partial charge in [0.1, 0.15) is 0 Å². The van der Waals surface area contributed by atoms with Crippen molar-refractivity contribution in [1.29, 1.82) is 0 Å². The number of unbranched alkanes of at least 4 members (excludes halogenated alkanes) is 4. The summed E-state index contributed by atoms with van der Waals surface area (Å²) >= 11 is -6.96. The van der Waals surface area contributed by atoms with Crippen LogP contribution in [0.3, 0.4) is 0 Å². The Balaban J connectivity index is 1.69. The van der Waals surface area contributed by atoms with Gasteiger partial charge in [-0.3, -0.25) is 0 Å². The molecule has 1 aliphatic heterocycles. The topological polar surface area (TPSA) is 82.3 Å². The van der Waals surface area contributed by atoms with Crippen LogP contribution in [0.15, 0.2) is 97.1 Å². The zero-order valence-corrected chi connectivity index (χ0v) is 36.2. The Hall–Kier alpha value is -2.98. The summed E-state index contributed by atoms with van der Waals surface area (Å²) < 4.78 is 21.6. The number of ketones is 2. The average Bonchev–Trinajstić information content (AvgIpc) is 3.16. The molecule has 0 unspecified atom stereocenters. The summed E-state index contributed by atoms with van der Waals surface area (Å²) in [5.74, 6) is 0.1000. The van der Waals surface area contributed by atoms with Crippen LogP contribution in [0.4, 0.5) is 22.7 Å². The van der Waals surface area contributed by atoms with E-state index >= 15 is 0 Å². The summed E-state index contributed by atoms with van der Waals surface area (Å²) in [6.07, 6.45) is 9.01. The Kier molecular flexibility index (Phi) is 14.1. The summed E-state index contributed by atoms with van der Waals surface area (Å²) in [5, 5.41) is 0. The van der Waals surface area contributed by atoms with E-state index in [0.29, 0.717) is 22.3 Å². The molecule has 0 saturated carbocycles. The fraction of sp³-hybridized carbons (Fsp3) is 0.381. The molecule has 4 N–H and O–H groups in total. The van der Waals surface area contributed by atoms with Gasteiger partial charge in [0.2, 0.25) is 0 Å². The zero-order valence-electron chi connectivity index (χ0n) is 30.5. The molecule has 0 amide bonds. The van der Waals surface area contributed by atoms with E-state index < -0.39 is 37.8 Å². The van der Waals surface area contributed by atoms with Crippen LogP contribution in [0.25, 0.3) is 0 Å². The van der Waals surface area contributed by atoms with Crippen LogP contribution in [0.5, 0.6) is 0 Å². The van der Waals surface area contributed by atoms with E-state index in [2.05, 4.69) is 66.1 Å². The molecule has 0 radical (unpaired) electrons. The van der Waals surface area contributed by atoms with Crippen LogP contribution in [0, 0.1) is 0 Å². The van der Waals surface area contributed by atoms with Gasteiger partial charge in [-0.25, -0.2) is 0 Å². The molecule has 1 aliphatic rings. The Morgan fingerprint density at radius 2 is 0.740 bits per heavy atom. The molecule has 50 heavy (non-hydrogen) atoms. The molecule has 264 valence electrons. The zero-order chi connectivity index (χ0) is 35.4. The van der Waals surface area contributed by atoms with Gasteiger partial charge in [0.15, 0.2) is 0 Å². The molecule has 0 atom stereocenters. The van der Waals surface area contributed by atoms with E-state index in [1.165, 1.54) is 0 Å². The Morgan fingerprint density at radius 1 is 0.420 bits per heavy atom. The van der Waals surface area contributed by atoms with E-state index in [-0.39, 0.29) is 11.6 Å². The molecular formula is C42H56N4O2Sn2. The third-order valence-electron chi connectivity index (χ3n) is 9.96. The molecule has 6 nitrogen and oxygen atoms in total. The van der Waals surface area contributed by atoms with Crippen LogP contribution in [0.1, 0.15) is 111 Å². The first kappa shape index (κ1) is 38.3. The quantitative estimate of drug-likeness (QED) is 0.0663. The predicted molar refractivity (Wildman–Crippen MR) is 217 cm³/mol. The summed E-state index contributed by atoms with van der Waals surface area (Å²) in [7, 11) is 0. The Bertz CT molecular complexity index is 1570. The monoisotopic (exact) mass is 888 g/mol. The van der Waals surface area contributed by atoms with Crippen molar-refractivity contribution in [3.8, 4) is 0 Å². The number of hydrogen-bond donors (Lipinski definition) is 4. The summed E-state index contributed by atoms with van der Waals surface area (Å²) in [6, 6.07) is 31.9. The fourth-order valence-electron chi connectivity index (χ4n) is 7.07. The molecule has 8 heteroatoms. The van der Waals surface area contributed by atoms with E-state index in [1.807, 2.05) is 72.8 Å². The van der Waals surface area contributed by atoms with Gasteiger partial charge in [-0.1, -0.05) is 0 Å². The maximum absolute atomic E-state index is 13.8. The third kappa shape index (κ3) is 9.66. The number of benzene rings is 4. The summed E-state index contributed by atoms with van der Waals surface area (Å²) in [4.78, 5) is 27.6. The first-order valence-corrected chi connectivity index (χ1v) is 32.7. The van der Waals surface area contributed by atoms with Crippen molar-refractivity contribution < 1.29 is 9.59 Å². The van der Waals surface area contributed by atoms with Gasteiger partial charge in [-0.2, -0.15) is 0 Å². The second kappa shape index (κ2) is 18.5. The van der Waals surface area contributed by atoms with Crippen molar-refractivity contribution in [1.82, 2.24) is 0 Å². The minimum atomic E-state index is -3.48. The molecule has 5 rings (SSSR count). The number of rotatable bonds is 16. The van der Waals surface area contributed by atoms with E-state index in [9.17, 15) is 9.59 Å². The molecular weight excluding hydrogens is 830 g/mol. The normalized spacial score (nSPS) is 14.5. The SMILES string of the molecule is CCC[CH2][Sn]1([CH2]CCC)[NH]c2ccc(C(=O)c3ccccc3)cc2[NH][Sn]([CH2]CCC)([CH2]CCC)[NH]c2ccc(C(=O)c3ccccc3)cc2[NH]1. The van der Waals surface area contributed by atoms with Gasteiger partial charge >= 0.3 is 312 Å². The number of hydrogen-bond acceptors (Lipinski definition) is 6. The van der Waals surface area contributed by atoms with E-state index in [1.54, 1.807) is 0 Å². The first-order chi connectivity index (χ1) is 24.3. The molecule has 0 fully saturated rings. The number of fused-ring (bicyclic) bond motifs is 2. The molecule has 0 bridgehead atoms. The van der Waals surface area contributed by atoms with Crippen molar-refractivity contribution >= 4 is 72.2 Å². The summed E-state index contributed by atoms with van der Waals surface area (Å²) in [6.45, 7) is 9.08. The number of carbonyl (C=O) groups is 2. The van der Waals surface area contributed by atoms with Crippen molar-refractivity contribution in [3.63, 3.8) is 0 Å². The molecule has 0 saturated heterocycles. The maximum atomic E-state index is 13.8. The van der Waals surface area contributed by atoms with Crippen molar-refractivity contribution in [2.24, 2.45) is 0 Å². The molecule has 1 heterocycles. The van der Waals surface area contributed by atoms with Crippen LogP contribution in [0.2, 0.25) is 17.7 Å². The number of nitrogens with one attached hydrogen (secondary N) is 4. The van der Waals surface area contributed by atoms with Crippen molar-refractivity contribution in [3.05, 3.63) is 119 Å². The fourth-order valence-corrected chi connectivity index (χ4v) is 30.9. The van der Waals surface area contributed by atoms with Gasteiger partial charge in [-0.05, 0) is 0 Å². The molecule has 0 aliphatic carbocycles. The van der Waals surface area contributed by atoms with Crippen LogP contribution in [-0.4, -0.2) is 49.4 Å². The predicted octanol–water partition coefficient (Wildman–Crippen LogP) is 11.6. The van der Waals surface area contributed by atoms with Crippen LogP contribution < -0.4 is 14.2 Å². The van der Waals surface area contributed by atoms with Crippen LogP contribution in [-0.2, 0) is 0 Å². The second-order valence-electron chi connectivity index (χ2n) is 14.0. The molecule has 0 aromatic heterocycles. The van der Waals surface area contributed by atoms with E-state index in [4.69, 9.17) is 0 Å².